The van der Waals surface area contributed by atoms with E-state index in [2.05, 4.69) is 78.3 Å². The fourth-order valence-electron chi connectivity index (χ4n) is 5.30. The molecule has 2 aliphatic heterocycles. The highest BCUT2D eigenvalue weighted by Gasteiger charge is 2.18. The van der Waals surface area contributed by atoms with Crippen molar-refractivity contribution in [3.63, 3.8) is 0 Å². The van der Waals surface area contributed by atoms with Crippen LogP contribution in [0.25, 0.3) is 33.5 Å². The van der Waals surface area contributed by atoms with Gasteiger partial charge in [-0.3, -0.25) is 15.0 Å². The number of pyridine rings is 1. The summed E-state index contributed by atoms with van der Waals surface area (Å²) >= 11 is 0. The first-order valence-electron chi connectivity index (χ1n) is 12.5. The molecule has 0 aliphatic carbocycles. The molecule has 2 saturated heterocycles. The van der Waals surface area contributed by atoms with Gasteiger partial charge in [0, 0.05) is 67.3 Å². The first kappa shape index (κ1) is 21.4. The van der Waals surface area contributed by atoms with Gasteiger partial charge in [0.2, 0.25) is 0 Å². The summed E-state index contributed by atoms with van der Waals surface area (Å²) < 4.78 is 0. The molecule has 0 saturated carbocycles. The Balaban J connectivity index is 1.25. The lowest BCUT2D eigenvalue weighted by atomic mass is 10.1. The second kappa shape index (κ2) is 9.24. The fourth-order valence-corrected chi connectivity index (χ4v) is 5.30. The van der Waals surface area contributed by atoms with E-state index in [1.54, 1.807) is 0 Å². The summed E-state index contributed by atoms with van der Waals surface area (Å²) in [5.74, 6) is 0. The summed E-state index contributed by atoms with van der Waals surface area (Å²) in [4.78, 5) is 15.5. The predicted molar refractivity (Wildman–Crippen MR) is 138 cm³/mol. The van der Waals surface area contributed by atoms with Gasteiger partial charge >= 0.3 is 0 Å². The van der Waals surface area contributed by atoms with Crippen LogP contribution < -0.4 is 4.90 Å². The van der Waals surface area contributed by atoms with Gasteiger partial charge in [0.1, 0.15) is 5.69 Å². The highest BCUT2D eigenvalue weighted by atomic mass is 15.2. The topological polar surface area (TPSA) is 67.1 Å². The number of benzene rings is 1. The molecule has 0 radical (unpaired) electrons. The van der Waals surface area contributed by atoms with Crippen LogP contribution in [0.15, 0.2) is 48.8 Å². The highest BCUT2D eigenvalue weighted by molar-refractivity contribution is 5.96. The Morgan fingerprint density at radius 3 is 2.59 bits per heavy atom. The zero-order chi connectivity index (χ0) is 22.9. The molecular weight excluding hydrogens is 422 g/mol. The van der Waals surface area contributed by atoms with Crippen molar-refractivity contribution < 1.29 is 0 Å². The van der Waals surface area contributed by atoms with Gasteiger partial charge in [-0.25, -0.2) is 0 Å². The molecule has 0 bridgehead atoms. The van der Waals surface area contributed by atoms with Gasteiger partial charge in [0.15, 0.2) is 0 Å². The molecule has 7 heteroatoms. The average molecular weight is 456 g/mol. The number of rotatable bonds is 5. The molecule has 0 unspecified atom stereocenters. The summed E-state index contributed by atoms with van der Waals surface area (Å²) in [6.45, 7) is 7.66. The van der Waals surface area contributed by atoms with E-state index in [1.807, 2.05) is 12.4 Å². The third-order valence-electron chi connectivity index (χ3n) is 7.30. The Bertz CT molecular complexity index is 1260. The van der Waals surface area contributed by atoms with Crippen molar-refractivity contribution >= 4 is 16.6 Å². The van der Waals surface area contributed by atoms with Crippen LogP contribution >= 0.6 is 0 Å². The number of likely N-dealkylation sites (tertiary alicyclic amines) is 1. The average Bonchev–Trinajstić information content (AvgIpc) is 3.53. The molecule has 4 aromatic rings. The van der Waals surface area contributed by atoms with E-state index < -0.39 is 0 Å². The first-order chi connectivity index (χ1) is 16.7. The molecule has 6 rings (SSSR count). The van der Waals surface area contributed by atoms with Crippen molar-refractivity contribution in [1.29, 1.82) is 0 Å². The molecule has 0 spiro atoms. The maximum Gasteiger partial charge on any atom is 0.109 e. The number of aromatic amines is 2. The molecule has 34 heavy (non-hydrogen) atoms. The van der Waals surface area contributed by atoms with Gasteiger partial charge in [-0.2, -0.15) is 5.10 Å². The normalized spacial score (nSPS) is 18.1. The van der Waals surface area contributed by atoms with Crippen molar-refractivity contribution in [2.45, 2.75) is 25.8 Å². The third kappa shape index (κ3) is 4.33. The molecule has 7 nitrogen and oxygen atoms in total. The summed E-state index contributed by atoms with van der Waals surface area (Å²) in [6.07, 6.45) is 7.88. The van der Waals surface area contributed by atoms with E-state index >= 15 is 0 Å². The number of hydrogen-bond acceptors (Lipinski definition) is 5. The van der Waals surface area contributed by atoms with Crippen LogP contribution in [0.2, 0.25) is 0 Å². The van der Waals surface area contributed by atoms with Crippen LogP contribution in [-0.4, -0.2) is 76.3 Å². The summed E-state index contributed by atoms with van der Waals surface area (Å²) in [6, 6.07) is 13.2. The van der Waals surface area contributed by atoms with Gasteiger partial charge in [0.25, 0.3) is 0 Å². The number of aromatic nitrogens is 4. The Labute approximate surface area is 200 Å². The zero-order valence-corrected chi connectivity index (χ0v) is 19.9. The van der Waals surface area contributed by atoms with Crippen molar-refractivity contribution in [2.24, 2.45) is 0 Å². The minimum atomic E-state index is 0.928. The lowest BCUT2D eigenvalue weighted by Crippen LogP contribution is -2.44. The number of piperazine rings is 1. The number of nitrogens with one attached hydrogen (secondary N) is 2. The van der Waals surface area contributed by atoms with Crippen LogP contribution in [0.5, 0.6) is 0 Å². The van der Waals surface area contributed by atoms with Crippen molar-refractivity contribution in [3.05, 3.63) is 54.4 Å². The zero-order valence-electron chi connectivity index (χ0n) is 19.9. The number of nitrogens with zero attached hydrogens (tertiary/aromatic N) is 5. The fraction of sp³-hybridized carbons (Fsp3) is 0.407. The molecule has 0 atom stereocenters. The molecule has 2 fully saturated rings. The molecule has 0 amide bonds. The van der Waals surface area contributed by atoms with Crippen LogP contribution in [0.1, 0.15) is 24.8 Å². The Kier molecular flexibility index (Phi) is 5.81. The van der Waals surface area contributed by atoms with Gasteiger partial charge in [-0.05, 0) is 68.9 Å². The number of anilines is 1. The van der Waals surface area contributed by atoms with Crippen LogP contribution in [0.3, 0.4) is 0 Å². The summed E-state index contributed by atoms with van der Waals surface area (Å²) in [7, 11) is 2.19. The van der Waals surface area contributed by atoms with Gasteiger partial charge in [0.05, 0.1) is 11.4 Å². The van der Waals surface area contributed by atoms with E-state index in [0.717, 1.165) is 60.9 Å². The number of likely N-dealkylation sites (N-methyl/N-ethyl adjacent to an activating group) is 1. The monoisotopic (exact) mass is 455 g/mol. The summed E-state index contributed by atoms with van der Waals surface area (Å²) in [5, 5.41) is 9.14. The van der Waals surface area contributed by atoms with E-state index in [0.29, 0.717) is 0 Å². The standard InChI is InChI=1S/C27H33N7/c1-32-10-12-34(13-11-32)27-7-5-6-23-22(27)15-25(29-23)26-16-24(30-31-26)21-14-20(17-28-18-21)19-33-8-3-2-4-9-33/h5-7,14-18,29H,2-4,8-13,19H2,1H3,(H,30,31). The van der Waals surface area contributed by atoms with E-state index in [1.165, 1.54) is 49.0 Å². The Morgan fingerprint density at radius 2 is 1.74 bits per heavy atom. The molecule has 1 aromatic carbocycles. The van der Waals surface area contributed by atoms with Gasteiger partial charge in [-0.1, -0.05) is 12.5 Å². The maximum atomic E-state index is 4.64. The smallest absolute Gasteiger partial charge is 0.109 e. The molecule has 176 valence electrons. The van der Waals surface area contributed by atoms with Crippen LogP contribution in [0.4, 0.5) is 5.69 Å². The highest BCUT2D eigenvalue weighted by Crippen LogP contribution is 2.32. The minimum Gasteiger partial charge on any atom is -0.368 e. The largest absolute Gasteiger partial charge is 0.368 e. The predicted octanol–water partition coefficient (Wildman–Crippen LogP) is 4.36. The first-order valence-corrected chi connectivity index (χ1v) is 12.5. The van der Waals surface area contributed by atoms with E-state index in [4.69, 9.17) is 0 Å². The molecule has 5 heterocycles. The van der Waals surface area contributed by atoms with Crippen molar-refractivity contribution in [1.82, 2.24) is 30.0 Å². The third-order valence-corrected chi connectivity index (χ3v) is 7.30. The number of H-pyrrole nitrogens is 2. The number of piperidine rings is 1. The van der Waals surface area contributed by atoms with Crippen LogP contribution in [-0.2, 0) is 6.54 Å². The summed E-state index contributed by atoms with van der Waals surface area (Å²) in [5.41, 5.74) is 7.77. The lowest BCUT2D eigenvalue weighted by molar-refractivity contribution is 0.220. The van der Waals surface area contributed by atoms with Crippen molar-refractivity contribution in [3.8, 4) is 22.6 Å². The molecule has 3 aromatic heterocycles. The second-order valence-corrected chi connectivity index (χ2v) is 9.80. The second-order valence-electron chi connectivity index (χ2n) is 9.80. The molecular formula is C27H33N7. The maximum absolute atomic E-state index is 4.64. The molecule has 2 N–H and O–H groups in total. The van der Waals surface area contributed by atoms with Gasteiger partial charge < -0.3 is 14.8 Å². The SMILES string of the molecule is CN1CCN(c2cccc3[nH]c(-c4cc(-c5cncc(CN6CCCCC6)c5)[nH]n4)cc23)CC1. The lowest BCUT2D eigenvalue weighted by Gasteiger charge is -2.34. The number of fused-ring (bicyclic) bond motifs is 1. The molecule has 2 aliphatic rings. The quantitative estimate of drug-likeness (QED) is 0.468. The Morgan fingerprint density at radius 1 is 0.882 bits per heavy atom. The number of hydrogen-bond donors (Lipinski definition) is 2. The van der Waals surface area contributed by atoms with Crippen LogP contribution in [0, 0.1) is 0 Å². The minimum absolute atomic E-state index is 0.928. The van der Waals surface area contributed by atoms with E-state index in [-0.39, 0.29) is 0 Å². The Hall–Kier alpha value is -3.16. The van der Waals surface area contributed by atoms with Crippen molar-refractivity contribution in [2.75, 3.05) is 51.2 Å². The van der Waals surface area contributed by atoms with E-state index in [9.17, 15) is 0 Å². The van der Waals surface area contributed by atoms with Gasteiger partial charge in [-0.15, -0.1) is 0 Å².